The first-order chi connectivity index (χ1) is 45.6. The molecular formula is C68H48N8O16S4. The Morgan fingerprint density at radius 3 is 0.542 bits per heavy atom. The Balaban J connectivity index is 0.960. The van der Waals surface area contributed by atoms with Gasteiger partial charge >= 0.3 is 0 Å². The van der Waals surface area contributed by atoms with Gasteiger partial charge < -0.3 is 20.4 Å². The fourth-order valence-electron chi connectivity index (χ4n) is 11.3. The third-order valence-electron chi connectivity index (χ3n) is 16.0. The van der Waals surface area contributed by atoms with Gasteiger partial charge in [0.25, 0.3) is 40.5 Å². The highest BCUT2D eigenvalue weighted by Gasteiger charge is 2.24. The van der Waals surface area contributed by atoms with E-state index in [0.29, 0.717) is 65.8 Å². The number of fused-ring (bicyclic) bond motifs is 12. The van der Waals surface area contributed by atoms with Crippen LogP contribution in [0.1, 0.15) is 44.5 Å². The number of azo groups is 4. The van der Waals surface area contributed by atoms with Crippen molar-refractivity contribution in [2.45, 2.75) is 45.3 Å². The molecule has 0 aromatic heterocycles. The molecule has 0 saturated carbocycles. The Hall–Kier alpha value is -11.1. The summed E-state index contributed by atoms with van der Waals surface area (Å²) in [4.78, 5) is -1.20. The zero-order chi connectivity index (χ0) is 67.6. The van der Waals surface area contributed by atoms with E-state index in [2.05, 4.69) is 40.9 Å². The van der Waals surface area contributed by atoms with E-state index in [1.807, 2.05) is 0 Å². The zero-order valence-corrected chi connectivity index (χ0v) is 52.6. The van der Waals surface area contributed by atoms with Gasteiger partial charge in [0.05, 0.1) is 65.1 Å². The molecular weight excluding hydrogens is 1310 g/mol. The predicted octanol–water partition coefficient (Wildman–Crippen LogP) is 16.4. The zero-order valence-electron chi connectivity index (χ0n) is 49.4. The van der Waals surface area contributed by atoms with E-state index < -0.39 is 40.5 Å². The van der Waals surface area contributed by atoms with Gasteiger partial charge in [0.15, 0.2) is 0 Å². The first-order valence-corrected chi connectivity index (χ1v) is 34.5. The van der Waals surface area contributed by atoms with Crippen LogP contribution in [0.15, 0.2) is 255 Å². The molecule has 8 bridgehead atoms. The van der Waals surface area contributed by atoms with Gasteiger partial charge in [-0.1, -0.05) is 48.5 Å². The number of hydrogen-bond donors (Lipinski definition) is 8. The average Bonchev–Trinajstić information content (AvgIpc) is 0.781. The highest BCUT2D eigenvalue weighted by molar-refractivity contribution is 7.86. The number of hydrogen-bond acceptors (Lipinski definition) is 20. The van der Waals surface area contributed by atoms with Crippen LogP contribution in [0.25, 0.3) is 43.1 Å². The molecule has 0 heterocycles. The van der Waals surface area contributed by atoms with Gasteiger partial charge in [0, 0.05) is 70.2 Å². The molecule has 0 saturated heterocycles. The predicted molar refractivity (Wildman–Crippen MR) is 355 cm³/mol. The topological polar surface area (TPSA) is 397 Å². The quantitative estimate of drug-likeness (QED) is 0.0416. The van der Waals surface area contributed by atoms with Gasteiger partial charge in [-0.05, 0) is 189 Å². The molecule has 0 atom stereocenters. The van der Waals surface area contributed by atoms with E-state index in [-0.39, 0.29) is 136 Å². The lowest BCUT2D eigenvalue weighted by molar-refractivity contribution is 0.450. The summed E-state index contributed by atoms with van der Waals surface area (Å²) in [5.41, 5.74) is 3.75. The summed E-state index contributed by atoms with van der Waals surface area (Å²) in [6.07, 6.45) is -0.868. The van der Waals surface area contributed by atoms with Crippen molar-refractivity contribution >= 4 is 129 Å². The molecule has 12 aromatic carbocycles. The van der Waals surface area contributed by atoms with Gasteiger partial charge in [-0.3, -0.25) is 18.2 Å². The van der Waals surface area contributed by atoms with Gasteiger partial charge in [0.2, 0.25) is 0 Å². The molecule has 1 aliphatic rings. The number of benzene rings is 12. The van der Waals surface area contributed by atoms with Gasteiger partial charge in [-0.25, -0.2) is 0 Å². The molecule has 0 radical (unpaired) electrons. The van der Waals surface area contributed by atoms with Gasteiger partial charge in [-0.2, -0.15) is 74.6 Å². The summed E-state index contributed by atoms with van der Waals surface area (Å²) >= 11 is 0. The second kappa shape index (κ2) is 24.7. The van der Waals surface area contributed by atoms with E-state index in [4.69, 9.17) is 0 Å². The van der Waals surface area contributed by atoms with Crippen molar-refractivity contribution in [1.29, 1.82) is 0 Å². The van der Waals surface area contributed by atoms with Crippen LogP contribution < -0.4 is 0 Å². The number of aromatic hydroxyl groups is 4. The van der Waals surface area contributed by atoms with Crippen LogP contribution in [-0.2, 0) is 66.2 Å². The Bertz CT molecular complexity index is 5110. The number of phenols is 4. The van der Waals surface area contributed by atoms with E-state index in [9.17, 15) is 72.3 Å². The minimum atomic E-state index is -4.50. The summed E-state index contributed by atoms with van der Waals surface area (Å²) in [6.45, 7) is 0. The minimum absolute atomic E-state index is 0.198. The van der Waals surface area contributed by atoms with Crippen molar-refractivity contribution in [3.8, 4) is 23.0 Å². The SMILES string of the molecule is O=S(=O)(O)c1ccc2cc(N=Nc3cc4c(O)c(c3)Cc3cc(N=Nc5ccc6cc(S(=O)(=O)O)ccc6c5)cc(c3O)Cc3cc(N=Nc5ccc6cc(S(=O)(=O)O)ccc6c5)cc(c3O)Cc3cc(N=Nc5ccc6cc(S(=O)(=O)O)ccc6c5)cc(c3O)C4)ccc2c1. The second-order valence-corrected chi connectivity index (χ2v) is 28.3. The van der Waals surface area contributed by atoms with Crippen LogP contribution in [0.3, 0.4) is 0 Å². The maximum Gasteiger partial charge on any atom is 0.294 e. The minimum Gasteiger partial charge on any atom is -0.507 e. The summed E-state index contributed by atoms with van der Waals surface area (Å²) < 4.78 is 134. The van der Waals surface area contributed by atoms with Gasteiger partial charge in [0.1, 0.15) is 23.0 Å². The smallest absolute Gasteiger partial charge is 0.294 e. The first-order valence-electron chi connectivity index (χ1n) is 28.7. The Kier molecular flexibility index (Phi) is 16.4. The van der Waals surface area contributed by atoms with Crippen molar-refractivity contribution < 1.29 is 72.3 Å². The first kappa shape index (κ1) is 63.7. The van der Waals surface area contributed by atoms with E-state index in [1.54, 1.807) is 121 Å². The Morgan fingerprint density at radius 2 is 0.365 bits per heavy atom. The molecule has 24 nitrogen and oxygen atoms in total. The summed E-state index contributed by atoms with van der Waals surface area (Å²) in [6, 6.07) is 47.9. The van der Waals surface area contributed by atoms with Crippen molar-refractivity contribution in [3.05, 3.63) is 239 Å². The molecule has 12 aromatic rings. The van der Waals surface area contributed by atoms with Crippen LogP contribution in [0.5, 0.6) is 23.0 Å². The lowest BCUT2D eigenvalue weighted by Crippen LogP contribution is -2.01. The summed E-state index contributed by atoms with van der Waals surface area (Å²) in [7, 11) is -18.0. The summed E-state index contributed by atoms with van der Waals surface area (Å²) in [5, 5.41) is 90.5. The molecule has 8 N–H and O–H groups in total. The monoisotopic (exact) mass is 1360 g/mol. The maximum atomic E-state index is 12.5. The third kappa shape index (κ3) is 13.8. The number of rotatable bonds is 12. The molecule has 13 rings (SSSR count). The van der Waals surface area contributed by atoms with Crippen LogP contribution in [-0.4, -0.2) is 72.3 Å². The average molecular weight is 1360 g/mol. The van der Waals surface area contributed by atoms with Crippen molar-refractivity contribution in [1.82, 2.24) is 0 Å². The highest BCUT2D eigenvalue weighted by Crippen LogP contribution is 2.44. The number of nitrogens with zero attached hydrogens (tertiary/aromatic N) is 8. The van der Waals surface area contributed by atoms with E-state index >= 15 is 0 Å². The molecule has 28 heteroatoms. The van der Waals surface area contributed by atoms with E-state index in [1.165, 1.54) is 72.8 Å². The normalized spacial score (nSPS) is 13.4. The second-order valence-electron chi connectivity index (χ2n) is 22.6. The molecule has 0 fully saturated rings. The molecule has 480 valence electrons. The van der Waals surface area contributed by atoms with Crippen molar-refractivity contribution in [2.75, 3.05) is 0 Å². The lowest BCUT2D eigenvalue weighted by atomic mass is 9.90. The fourth-order valence-corrected chi connectivity index (χ4v) is 13.4. The molecule has 0 amide bonds. The van der Waals surface area contributed by atoms with Gasteiger partial charge in [-0.15, -0.1) is 0 Å². The van der Waals surface area contributed by atoms with E-state index in [0.717, 1.165) is 0 Å². The Labute approximate surface area is 545 Å². The molecule has 0 aliphatic heterocycles. The number of phenolic OH excluding ortho intramolecular Hbond substituents is 4. The van der Waals surface area contributed by atoms with Crippen LogP contribution in [0, 0.1) is 0 Å². The molecule has 96 heavy (non-hydrogen) atoms. The fraction of sp³-hybridized carbons (Fsp3) is 0.0588. The van der Waals surface area contributed by atoms with Crippen LogP contribution in [0.2, 0.25) is 0 Å². The lowest BCUT2D eigenvalue weighted by Gasteiger charge is -2.18. The van der Waals surface area contributed by atoms with Crippen LogP contribution in [0.4, 0.5) is 45.5 Å². The Morgan fingerprint density at radius 1 is 0.208 bits per heavy atom. The van der Waals surface area contributed by atoms with Crippen molar-refractivity contribution in [2.24, 2.45) is 40.9 Å². The standard InChI is InChI=1S/C68H48N8O16S4/c77-65-45-17-47-27-58(74-70-54-10-2-42-34-62(94(84,85)86)14-6-38(42)22-54)29-49(66(47)78)19-51-31-60(76-72-56-12-4-44-36-64(96(90,91)92)16-8-40(44)24-56)32-52(68(51)80)20-50-30-59(75-71-55-11-3-43-35-63(95(87,88)89)15-7-39(43)23-55)28-48(67(50)79)18-46(65)26-57(25-45)73-69-53-9-1-41-33-61(93(81,82)83)13-5-37(41)21-53/h1-16,21-36,77-80H,17-20H2,(H,81,82,83)(H,84,85,86)(H,87,88,89)(H,90,91,92). The molecule has 1 aliphatic carbocycles. The third-order valence-corrected chi connectivity index (χ3v) is 19.4. The maximum absolute atomic E-state index is 12.5. The van der Waals surface area contributed by atoms with Crippen molar-refractivity contribution in [3.63, 3.8) is 0 Å². The van der Waals surface area contributed by atoms with Crippen LogP contribution >= 0.6 is 0 Å². The molecule has 0 unspecified atom stereocenters. The highest BCUT2D eigenvalue weighted by atomic mass is 32.2. The largest absolute Gasteiger partial charge is 0.507 e. The molecule has 0 spiro atoms. The summed E-state index contributed by atoms with van der Waals surface area (Å²) in [5.74, 6) is -1.07.